The van der Waals surface area contributed by atoms with Crippen molar-refractivity contribution in [3.05, 3.63) is 28.8 Å². The number of carbonyl (C=O) groups is 2. The average Bonchev–Trinajstić information content (AvgIpc) is 3.04. The van der Waals surface area contributed by atoms with Crippen LogP contribution in [0.4, 0.5) is 18.9 Å². The first-order valence-corrected chi connectivity index (χ1v) is 11.4. The molecule has 0 unspecified atom stereocenters. The first kappa shape index (κ1) is 24.8. The number of nitrogens with zero attached hydrogens (tertiary/aromatic N) is 3. The fraction of sp³-hybridized carbons (Fsp3) is 0.636. The molecule has 2 amide bonds. The predicted molar refractivity (Wildman–Crippen MR) is 118 cm³/mol. The molecule has 0 spiro atoms. The van der Waals surface area contributed by atoms with Crippen LogP contribution in [0.1, 0.15) is 38.2 Å². The lowest BCUT2D eigenvalue weighted by atomic mass is 10.1. The van der Waals surface area contributed by atoms with Crippen LogP contribution >= 0.6 is 11.6 Å². The summed E-state index contributed by atoms with van der Waals surface area (Å²) in [4.78, 5) is 31.2. The third-order valence-electron chi connectivity index (χ3n) is 6.20. The Morgan fingerprint density at radius 2 is 1.66 bits per heavy atom. The zero-order chi connectivity index (χ0) is 23.3. The number of anilines is 1. The zero-order valence-electron chi connectivity index (χ0n) is 18.3. The van der Waals surface area contributed by atoms with E-state index < -0.39 is 23.7 Å². The van der Waals surface area contributed by atoms with Crippen molar-refractivity contribution in [2.45, 2.75) is 44.8 Å². The summed E-state index contributed by atoms with van der Waals surface area (Å²) in [5.41, 5.74) is -1.28. The van der Waals surface area contributed by atoms with Crippen LogP contribution in [0.2, 0.25) is 5.02 Å². The Labute approximate surface area is 191 Å². The van der Waals surface area contributed by atoms with Crippen LogP contribution in [0, 0.1) is 0 Å². The lowest BCUT2D eigenvalue weighted by Gasteiger charge is -2.37. The van der Waals surface area contributed by atoms with Gasteiger partial charge in [0.25, 0.3) is 0 Å². The van der Waals surface area contributed by atoms with Crippen molar-refractivity contribution in [2.75, 3.05) is 51.1 Å². The zero-order valence-corrected chi connectivity index (χ0v) is 19.0. The van der Waals surface area contributed by atoms with Gasteiger partial charge in [-0.05, 0) is 38.0 Å². The molecule has 1 N–H and O–H groups in total. The molecule has 10 heteroatoms. The smallest absolute Gasteiger partial charge is 0.342 e. The molecular weight excluding hydrogens is 445 g/mol. The number of alkyl halides is 3. The fourth-order valence-electron chi connectivity index (χ4n) is 4.18. The van der Waals surface area contributed by atoms with E-state index in [1.807, 2.05) is 9.80 Å². The maximum absolute atomic E-state index is 13.3. The number of carbonyl (C=O) groups excluding carboxylic acids is 2. The molecule has 1 aromatic carbocycles. The molecule has 6 nitrogen and oxygen atoms in total. The highest BCUT2D eigenvalue weighted by atomic mass is 35.5. The minimum atomic E-state index is -4.62. The van der Waals surface area contributed by atoms with Gasteiger partial charge in [0.2, 0.25) is 11.8 Å². The van der Waals surface area contributed by atoms with Crippen molar-refractivity contribution in [3.8, 4) is 0 Å². The summed E-state index contributed by atoms with van der Waals surface area (Å²) < 4.78 is 39.8. The Hall–Kier alpha value is -1.84. The van der Waals surface area contributed by atoms with E-state index in [9.17, 15) is 22.8 Å². The van der Waals surface area contributed by atoms with Crippen LogP contribution in [0.5, 0.6) is 0 Å². The Bertz CT molecular complexity index is 805. The minimum absolute atomic E-state index is 0.0470. The van der Waals surface area contributed by atoms with E-state index in [4.69, 9.17) is 11.6 Å². The average molecular weight is 475 g/mol. The van der Waals surface area contributed by atoms with Gasteiger partial charge in [-0.1, -0.05) is 24.4 Å². The van der Waals surface area contributed by atoms with Gasteiger partial charge in [-0.15, -0.1) is 0 Å². The van der Waals surface area contributed by atoms with Gasteiger partial charge in [0.1, 0.15) is 0 Å². The van der Waals surface area contributed by atoms with Crippen LogP contribution in [0.25, 0.3) is 0 Å². The van der Waals surface area contributed by atoms with Crippen molar-refractivity contribution >= 4 is 29.1 Å². The van der Waals surface area contributed by atoms with Crippen LogP contribution in [0.3, 0.4) is 0 Å². The topological polar surface area (TPSA) is 55.9 Å². The number of likely N-dealkylation sites (tertiary alicyclic amines) is 1. The van der Waals surface area contributed by atoms with E-state index in [1.54, 1.807) is 6.92 Å². The molecule has 1 atom stereocenters. The van der Waals surface area contributed by atoms with Crippen molar-refractivity contribution in [3.63, 3.8) is 0 Å². The third kappa shape index (κ3) is 6.59. The molecule has 32 heavy (non-hydrogen) atoms. The maximum Gasteiger partial charge on any atom is 0.418 e. The van der Waals surface area contributed by atoms with Crippen LogP contribution in [-0.2, 0) is 15.8 Å². The Morgan fingerprint density at radius 3 is 2.25 bits per heavy atom. The quantitative estimate of drug-likeness (QED) is 0.707. The van der Waals surface area contributed by atoms with Gasteiger partial charge in [-0.25, -0.2) is 0 Å². The number of nitrogens with one attached hydrogen (secondary N) is 1. The summed E-state index contributed by atoms with van der Waals surface area (Å²) in [6, 6.07) is 2.69. The molecule has 0 aromatic heterocycles. The summed E-state index contributed by atoms with van der Waals surface area (Å²) in [5.74, 6) is -0.361. The standard InChI is InChI=1S/C22H30ClF3N4O2/c1-16(21(32)27-19-7-6-17(23)14-18(19)22(24,25)26)29-12-10-28(11-13-29)15-20(31)30-8-4-2-3-5-9-30/h6-7,14,16H,2-5,8-13,15H2,1H3,(H,27,32)/t16-/m0/s1. The van der Waals surface area contributed by atoms with Gasteiger partial charge in [0, 0.05) is 44.3 Å². The monoisotopic (exact) mass is 474 g/mol. The molecule has 2 aliphatic heterocycles. The molecule has 2 fully saturated rings. The van der Waals surface area contributed by atoms with E-state index in [0.717, 1.165) is 32.0 Å². The van der Waals surface area contributed by atoms with Gasteiger partial charge in [0.15, 0.2) is 0 Å². The normalized spacial score (nSPS) is 20.0. The van der Waals surface area contributed by atoms with Crippen LogP contribution < -0.4 is 5.32 Å². The lowest BCUT2D eigenvalue weighted by Crippen LogP contribution is -2.54. The first-order chi connectivity index (χ1) is 15.1. The molecular formula is C22H30ClF3N4O2. The van der Waals surface area contributed by atoms with Crippen LogP contribution in [0.15, 0.2) is 18.2 Å². The van der Waals surface area contributed by atoms with Crippen molar-refractivity contribution < 1.29 is 22.8 Å². The second kappa shape index (κ2) is 10.9. The summed E-state index contributed by atoms with van der Waals surface area (Å²) in [6.45, 7) is 6.08. The van der Waals surface area contributed by atoms with E-state index >= 15 is 0 Å². The molecule has 0 radical (unpaired) electrons. The summed E-state index contributed by atoms with van der Waals surface area (Å²) in [6.07, 6.45) is -0.181. The number of hydrogen-bond donors (Lipinski definition) is 1. The molecule has 1 aromatic rings. The molecule has 0 saturated carbocycles. The van der Waals surface area contributed by atoms with E-state index in [1.165, 1.54) is 25.0 Å². The van der Waals surface area contributed by atoms with Crippen molar-refractivity contribution in [1.82, 2.24) is 14.7 Å². The summed E-state index contributed by atoms with van der Waals surface area (Å²) in [7, 11) is 0. The summed E-state index contributed by atoms with van der Waals surface area (Å²) >= 11 is 5.70. The Balaban J connectivity index is 1.51. The van der Waals surface area contributed by atoms with Gasteiger partial charge in [-0.2, -0.15) is 13.2 Å². The van der Waals surface area contributed by atoms with E-state index in [-0.39, 0.29) is 16.6 Å². The molecule has 3 rings (SSSR count). The number of rotatable bonds is 5. The van der Waals surface area contributed by atoms with Gasteiger partial charge in [0.05, 0.1) is 23.8 Å². The Morgan fingerprint density at radius 1 is 1.03 bits per heavy atom. The second-order valence-electron chi connectivity index (χ2n) is 8.46. The highest BCUT2D eigenvalue weighted by Gasteiger charge is 2.35. The summed E-state index contributed by atoms with van der Waals surface area (Å²) in [5, 5.41) is 2.35. The Kier molecular flexibility index (Phi) is 8.41. The number of halogens is 4. The van der Waals surface area contributed by atoms with Crippen molar-refractivity contribution in [1.29, 1.82) is 0 Å². The molecule has 0 bridgehead atoms. The predicted octanol–water partition coefficient (Wildman–Crippen LogP) is 3.71. The highest BCUT2D eigenvalue weighted by Crippen LogP contribution is 2.36. The third-order valence-corrected chi connectivity index (χ3v) is 6.43. The van der Waals surface area contributed by atoms with Crippen molar-refractivity contribution in [2.24, 2.45) is 0 Å². The minimum Gasteiger partial charge on any atom is -0.342 e. The molecule has 0 aliphatic carbocycles. The number of benzene rings is 1. The molecule has 2 saturated heterocycles. The van der Waals surface area contributed by atoms with Crippen LogP contribution in [-0.4, -0.2) is 78.4 Å². The molecule has 2 heterocycles. The van der Waals surface area contributed by atoms with Gasteiger partial charge in [-0.3, -0.25) is 19.4 Å². The number of piperazine rings is 1. The van der Waals surface area contributed by atoms with Gasteiger partial charge >= 0.3 is 6.18 Å². The first-order valence-electron chi connectivity index (χ1n) is 11.1. The number of hydrogen-bond acceptors (Lipinski definition) is 4. The number of amides is 2. The van der Waals surface area contributed by atoms with E-state index in [2.05, 4.69) is 10.2 Å². The lowest BCUT2D eigenvalue weighted by molar-refractivity contribution is -0.137. The van der Waals surface area contributed by atoms with E-state index in [0.29, 0.717) is 32.7 Å². The maximum atomic E-state index is 13.3. The molecule has 178 valence electrons. The highest BCUT2D eigenvalue weighted by molar-refractivity contribution is 6.30. The fourth-order valence-corrected chi connectivity index (χ4v) is 4.36. The largest absolute Gasteiger partial charge is 0.418 e. The second-order valence-corrected chi connectivity index (χ2v) is 8.90. The van der Waals surface area contributed by atoms with Gasteiger partial charge < -0.3 is 10.2 Å². The SMILES string of the molecule is C[C@@H](C(=O)Nc1ccc(Cl)cc1C(F)(F)F)N1CCN(CC(=O)N2CCCCCC2)CC1. The molecule has 2 aliphatic rings.